The van der Waals surface area contributed by atoms with Crippen molar-refractivity contribution in [2.24, 2.45) is 0 Å². The summed E-state index contributed by atoms with van der Waals surface area (Å²) in [4.78, 5) is 13.6. The van der Waals surface area contributed by atoms with E-state index in [9.17, 15) is 0 Å². The third-order valence-corrected chi connectivity index (χ3v) is 4.84. The zero-order valence-corrected chi connectivity index (χ0v) is 16.2. The van der Waals surface area contributed by atoms with Crippen LogP contribution in [0.15, 0.2) is 24.7 Å². The molecule has 28 heavy (non-hydrogen) atoms. The number of aromatic nitrogens is 5. The van der Waals surface area contributed by atoms with Crippen LogP contribution in [0.4, 0.5) is 17.6 Å². The third-order valence-electron chi connectivity index (χ3n) is 4.84. The molecular weight excluding hydrogens is 356 g/mol. The van der Waals surface area contributed by atoms with Gasteiger partial charge in [-0.25, -0.2) is 0 Å². The van der Waals surface area contributed by atoms with E-state index in [2.05, 4.69) is 39.5 Å². The van der Waals surface area contributed by atoms with Gasteiger partial charge in [-0.2, -0.15) is 19.6 Å². The zero-order valence-electron chi connectivity index (χ0n) is 16.2. The minimum absolute atomic E-state index is 0.313. The molecule has 3 aromatic rings. The highest BCUT2D eigenvalue weighted by Crippen LogP contribution is 2.23. The average Bonchev–Trinajstić information content (AvgIpc) is 3.11. The van der Waals surface area contributed by atoms with E-state index < -0.39 is 0 Å². The molecule has 0 aromatic carbocycles. The lowest BCUT2D eigenvalue weighted by atomic mass is 10.1. The largest absolute Gasteiger partial charge is 0.397 e. The Kier molecular flexibility index (Phi) is 5.25. The van der Waals surface area contributed by atoms with Gasteiger partial charge in [-0.15, -0.1) is 0 Å². The number of hydrogen-bond acceptors (Lipinski definition) is 8. The summed E-state index contributed by atoms with van der Waals surface area (Å²) in [6.45, 7) is 6.33. The molecule has 1 saturated heterocycles. The van der Waals surface area contributed by atoms with Gasteiger partial charge in [0.05, 0.1) is 11.9 Å². The summed E-state index contributed by atoms with van der Waals surface area (Å²) in [5.74, 6) is 1.55. The molecule has 3 aromatic heterocycles. The molecule has 1 aliphatic rings. The average molecular weight is 382 g/mol. The SMILES string of the molecule is CC(C)c1cnn2c(NCc3cncc(N)c3)nc(NC3CCOCC3)nc12. The summed E-state index contributed by atoms with van der Waals surface area (Å²) in [6, 6.07) is 2.20. The highest BCUT2D eigenvalue weighted by atomic mass is 16.5. The number of fused-ring (bicyclic) bond motifs is 1. The molecule has 0 atom stereocenters. The predicted molar refractivity (Wildman–Crippen MR) is 108 cm³/mol. The molecule has 0 spiro atoms. The van der Waals surface area contributed by atoms with Crippen LogP contribution in [0.5, 0.6) is 0 Å². The Balaban J connectivity index is 1.64. The molecule has 0 unspecified atom stereocenters. The predicted octanol–water partition coefficient (Wildman–Crippen LogP) is 2.43. The van der Waals surface area contributed by atoms with Crippen LogP contribution >= 0.6 is 0 Å². The lowest BCUT2D eigenvalue weighted by molar-refractivity contribution is 0.0903. The van der Waals surface area contributed by atoms with Crippen molar-refractivity contribution in [1.82, 2.24) is 24.6 Å². The second-order valence-corrected chi connectivity index (χ2v) is 7.37. The molecule has 1 fully saturated rings. The van der Waals surface area contributed by atoms with Crippen molar-refractivity contribution >= 4 is 23.2 Å². The number of ether oxygens (including phenoxy) is 1. The Labute approximate surface area is 163 Å². The van der Waals surface area contributed by atoms with Gasteiger partial charge in [-0.05, 0) is 30.4 Å². The van der Waals surface area contributed by atoms with Crippen molar-refractivity contribution < 1.29 is 4.74 Å². The number of anilines is 3. The number of nitrogens with two attached hydrogens (primary N) is 1. The minimum atomic E-state index is 0.313. The number of nitrogens with zero attached hydrogens (tertiary/aromatic N) is 5. The Morgan fingerprint density at radius 2 is 2.04 bits per heavy atom. The summed E-state index contributed by atoms with van der Waals surface area (Å²) in [6.07, 6.45) is 7.17. The maximum atomic E-state index is 5.83. The molecule has 0 radical (unpaired) electrons. The normalized spacial score (nSPS) is 15.2. The van der Waals surface area contributed by atoms with Crippen molar-refractivity contribution in [1.29, 1.82) is 0 Å². The molecule has 148 valence electrons. The van der Waals surface area contributed by atoms with Crippen LogP contribution in [-0.2, 0) is 11.3 Å². The van der Waals surface area contributed by atoms with Gasteiger partial charge >= 0.3 is 0 Å². The van der Waals surface area contributed by atoms with Crippen LogP contribution < -0.4 is 16.4 Å². The Hall–Kier alpha value is -2.94. The molecule has 4 heterocycles. The number of pyridine rings is 1. The van der Waals surface area contributed by atoms with Gasteiger partial charge in [0.2, 0.25) is 11.9 Å². The Morgan fingerprint density at radius 1 is 1.21 bits per heavy atom. The summed E-state index contributed by atoms with van der Waals surface area (Å²) in [5, 5.41) is 11.3. The number of nitrogens with one attached hydrogen (secondary N) is 2. The van der Waals surface area contributed by atoms with E-state index >= 15 is 0 Å². The van der Waals surface area contributed by atoms with Crippen LogP contribution in [-0.4, -0.2) is 43.8 Å². The minimum Gasteiger partial charge on any atom is -0.397 e. The topological polar surface area (TPSA) is 115 Å². The maximum Gasteiger partial charge on any atom is 0.229 e. The molecular formula is C19H26N8O. The van der Waals surface area contributed by atoms with Crippen LogP contribution in [0.3, 0.4) is 0 Å². The van der Waals surface area contributed by atoms with Crippen molar-refractivity contribution in [2.75, 3.05) is 29.6 Å². The molecule has 9 nitrogen and oxygen atoms in total. The van der Waals surface area contributed by atoms with Gasteiger partial charge in [0.1, 0.15) is 0 Å². The van der Waals surface area contributed by atoms with Gasteiger partial charge < -0.3 is 21.1 Å². The highest BCUT2D eigenvalue weighted by molar-refractivity contribution is 5.56. The third kappa shape index (κ3) is 3.99. The molecule has 4 N–H and O–H groups in total. The summed E-state index contributed by atoms with van der Waals surface area (Å²) in [7, 11) is 0. The van der Waals surface area contributed by atoms with Crippen molar-refractivity contribution in [3.05, 3.63) is 35.8 Å². The van der Waals surface area contributed by atoms with E-state index in [-0.39, 0.29) is 0 Å². The monoisotopic (exact) mass is 382 g/mol. The first-order chi connectivity index (χ1) is 13.6. The van der Waals surface area contributed by atoms with Gasteiger partial charge in [-0.3, -0.25) is 4.98 Å². The summed E-state index contributed by atoms with van der Waals surface area (Å²) in [5.41, 5.74) is 9.34. The smallest absolute Gasteiger partial charge is 0.229 e. The van der Waals surface area contributed by atoms with Crippen LogP contribution in [0.2, 0.25) is 0 Å². The quantitative estimate of drug-likeness (QED) is 0.595. The number of rotatable bonds is 6. The van der Waals surface area contributed by atoms with Gasteiger partial charge in [0.25, 0.3) is 0 Å². The summed E-state index contributed by atoms with van der Waals surface area (Å²) >= 11 is 0. The molecule has 4 rings (SSSR count). The fourth-order valence-corrected chi connectivity index (χ4v) is 3.29. The van der Waals surface area contributed by atoms with Crippen LogP contribution in [0.1, 0.15) is 43.7 Å². The first kappa shape index (κ1) is 18.4. The zero-order chi connectivity index (χ0) is 19.5. The molecule has 1 aliphatic heterocycles. The lowest BCUT2D eigenvalue weighted by Crippen LogP contribution is -2.29. The fraction of sp³-hybridized carbons (Fsp3) is 0.474. The second-order valence-electron chi connectivity index (χ2n) is 7.37. The van der Waals surface area contributed by atoms with Crippen molar-refractivity contribution in [3.8, 4) is 0 Å². The standard InChI is InChI=1S/C19H26N8O/c1-12(2)16-11-23-27-17(16)25-18(24-15-3-5-28-6-4-15)26-19(27)22-9-13-7-14(20)10-21-8-13/h7-8,10-12,15H,3-6,9,20H2,1-2H3,(H2,22,24,25,26). The molecule has 0 amide bonds. The lowest BCUT2D eigenvalue weighted by Gasteiger charge is -2.23. The molecule has 9 heteroatoms. The molecule has 0 saturated carbocycles. The van der Waals surface area contributed by atoms with Gasteiger partial charge in [-0.1, -0.05) is 13.8 Å². The molecule has 0 aliphatic carbocycles. The summed E-state index contributed by atoms with van der Waals surface area (Å²) < 4.78 is 7.20. The van der Waals surface area contributed by atoms with E-state index in [0.29, 0.717) is 36.1 Å². The Bertz CT molecular complexity index is 948. The van der Waals surface area contributed by atoms with Crippen LogP contribution in [0, 0.1) is 0 Å². The van der Waals surface area contributed by atoms with Crippen molar-refractivity contribution in [2.45, 2.75) is 45.2 Å². The number of nitrogen functional groups attached to an aromatic ring is 1. The van der Waals surface area contributed by atoms with E-state index in [1.165, 1.54) is 0 Å². The van der Waals surface area contributed by atoms with E-state index in [4.69, 9.17) is 15.5 Å². The number of hydrogen-bond donors (Lipinski definition) is 3. The fourth-order valence-electron chi connectivity index (χ4n) is 3.29. The van der Waals surface area contributed by atoms with Gasteiger partial charge in [0.15, 0.2) is 5.65 Å². The first-order valence-electron chi connectivity index (χ1n) is 9.63. The molecule has 0 bridgehead atoms. The van der Waals surface area contributed by atoms with Gasteiger partial charge in [0, 0.05) is 43.8 Å². The first-order valence-corrected chi connectivity index (χ1v) is 9.63. The van der Waals surface area contributed by atoms with E-state index in [1.54, 1.807) is 16.9 Å². The Morgan fingerprint density at radius 3 is 2.79 bits per heavy atom. The van der Waals surface area contributed by atoms with E-state index in [0.717, 1.165) is 42.8 Å². The van der Waals surface area contributed by atoms with Crippen molar-refractivity contribution in [3.63, 3.8) is 0 Å². The maximum absolute atomic E-state index is 5.83. The van der Waals surface area contributed by atoms with E-state index in [1.807, 2.05) is 12.3 Å². The second kappa shape index (κ2) is 7.97. The highest BCUT2D eigenvalue weighted by Gasteiger charge is 2.18. The van der Waals surface area contributed by atoms with Crippen LogP contribution in [0.25, 0.3) is 5.65 Å².